The van der Waals surface area contributed by atoms with Crippen molar-refractivity contribution in [3.05, 3.63) is 83.9 Å². The summed E-state index contributed by atoms with van der Waals surface area (Å²) in [4.78, 5) is 11.3. The first-order valence-corrected chi connectivity index (χ1v) is 12.0. The molecule has 1 heterocycles. The molecular weight excluding hydrogens is 464 g/mol. The molecule has 4 aromatic rings. The van der Waals surface area contributed by atoms with Crippen LogP contribution >= 0.6 is 11.6 Å². The number of hydrogen-bond donors (Lipinski definition) is 2. The maximum atomic E-state index is 12.4. The summed E-state index contributed by atoms with van der Waals surface area (Å²) < 4.78 is 26.4. The van der Waals surface area contributed by atoms with Gasteiger partial charge in [0.15, 0.2) is 9.84 Å². The number of nitrogens with two attached hydrogens (primary N) is 1. The molecule has 1 aromatic heterocycles. The number of aromatic nitrogens is 2. The number of carbonyl (C=O) groups is 1. The van der Waals surface area contributed by atoms with E-state index < -0.39 is 15.9 Å². The van der Waals surface area contributed by atoms with Gasteiger partial charge in [-0.15, -0.1) is 0 Å². The topological polar surface area (TPSA) is 119 Å². The van der Waals surface area contributed by atoms with Gasteiger partial charge < -0.3 is 5.73 Å². The highest BCUT2D eigenvalue weighted by molar-refractivity contribution is 7.90. The third-order valence-electron chi connectivity index (χ3n) is 4.96. The number of amides is 2. The predicted octanol–water partition coefficient (Wildman–Crippen LogP) is 4.54. The van der Waals surface area contributed by atoms with Crippen LogP contribution in [0.1, 0.15) is 0 Å². The maximum absolute atomic E-state index is 12.4. The van der Waals surface area contributed by atoms with Crippen molar-refractivity contribution < 1.29 is 18.4 Å². The minimum absolute atomic E-state index is 0.141. The number of carbonyl (C=O) groups excluding carboxylic acids is 1. The third kappa shape index (κ3) is 4.61. The molecule has 33 heavy (non-hydrogen) atoms. The SMILES string of the molecule is CS(=O)(=O)c1ccccc1-n1nc(-c2ccc(N(O)C(N)=O)cc2)cc1-c1ccc(Cl)cc1. The van der Waals surface area contributed by atoms with Crippen LogP contribution in [0.5, 0.6) is 0 Å². The number of rotatable bonds is 5. The van der Waals surface area contributed by atoms with E-state index in [0.717, 1.165) is 11.8 Å². The summed E-state index contributed by atoms with van der Waals surface area (Å²) in [5, 5.41) is 15.3. The molecule has 2 amide bonds. The van der Waals surface area contributed by atoms with Crippen LogP contribution in [0.2, 0.25) is 5.02 Å². The molecule has 3 aromatic carbocycles. The molecule has 168 valence electrons. The Morgan fingerprint density at radius 1 is 1.00 bits per heavy atom. The number of benzene rings is 3. The van der Waals surface area contributed by atoms with E-state index in [0.29, 0.717) is 32.7 Å². The Morgan fingerprint density at radius 2 is 1.61 bits per heavy atom. The number of sulfone groups is 1. The van der Waals surface area contributed by atoms with Gasteiger partial charge in [-0.25, -0.2) is 17.9 Å². The Morgan fingerprint density at radius 3 is 2.21 bits per heavy atom. The molecule has 0 spiro atoms. The van der Waals surface area contributed by atoms with E-state index in [1.165, 1.54) is 18.2 Å². The number of hydroxylamine groups is 1. The van der Waals surface area contributed by atoms with E-state index in [9.17, 15) is 18.4 Å². The van der Waals surface area contributed by atoms with E-state index in [-0.39, 0.29) is 10.6 Å². The summed E-state index contributed by atoms with van der Waals surface area (Å²) in [5.74, 6) is 0. The van der Waals surface area contributed by atoms with Gasteiger partial charge in [0.1, 0.15) is 0 Å². The largest absolute Gasteiger partial charge is 0.349 e. The van der Waals surface area contributed by atoms with Crippen molar-refractivity contribution in [2.24, 2.45) is 5.73 Å². The van der Waals surface area contributed by atoms with Crippen molar-refractivity contribution in [1.29, 1.82) is 0 Å². The van der Waals surface area contributed by atoms with E-state index in [2.05, 4.69) is 5.10 Å². The second kappa shape index (κ2) is 8.70. The van der Waals surface area contributed by atoms with Crippen LogP contribution in [-0.2, 0) is 9.84 Å². The van der Waals surface area contributed by atoms with Gasteiger partial charge in [0, 0.05) is 22.4 Å². The second-order valence-corrected chi connectivity index (χ2v) is 9.69. The summed E-state index contributed by atoms with van der Waals surface area (Å²) >= 11 is 6.05. The molecule has 0 saturated carbocycles. The van der Waals surface area contributed by atoms with Gasteiger partial charge in [-0.2, -0.15) is 10.2 Å². The quantitative estimate of drug-likeness (QED) is 0.320. The molecule has 0 aliphatic carbocycles. The van der Waals surface area contributed by atoms with Crippen LogP contribution in [0, 0.1) is 0 Å². The van der Waals surface area contributed by atoms with Gasteiger partial charge in [-0.05, 0) is 42.5 Å². The van der Waals surface area contributed by atoms with Crippen molar-refractivity contribution in [3.63, 3.8) is 0 Å². The molecule has 8 nitrogen and oxygen atoms in total. The highest BCUT2D eigenvalue weighted by Crippen LogP contribution is 2.32. The van der Waals surface area contributed by atoms with Crippen LogP contribution < -0.4 is 10.8 Å². The fourth-order valence-corrected chi connectivity index (χ4v) is 4.36. The minimum Gasteiger partial charge on any atom is -0.349 e. The van der Waals surface area contributed by atoms with Gasteiger partial charge in [0.05, 0.1) is 27.7 Å². The molecule has 4 rings (SSSR count). The number of hydrogen-bond acceptors (Lipinski definition) is 5. The first-order chi connectivity index (χ1) is 15.6. The maximum Gasteiger partial charge on any atom is 0.343 e. The Hall–Kier alpha value is -3.66. The molecule has 0 radical (unpaired) electrons. The van der Waals surface area contributed by atoms with Crippen molar-refractivity contribution in [1.82, 2.24) is 9.78 Å². The lowest BCUT2D eigenvalue weighted by molar-refractivity contribution is 0.212. The molecule has 0 aliphatic rings. The lowest BCUT2D eigenvalue weighted by Gasteiger charge is -2.12. The standard InChI is InChI=1S/C23H19ClN4O4S/c1-33(31,32)22-5-3-2-4-20(22)27-21(16-6-10-17(24)11-7-16)14-19(26-27)15-8-12-18(13-9-15)28(30)23(25)29/h2-14,30H,1H3,(H2,25,29). The summed E-state index contributed by atoms with van der Waals surface area (Å²) in [7, 11) is -3.52. The summed E-state index contributed by atoms with van der Waals surface area (Å²) in [5.41, 5.74) is 8.38. The van der Waals surface area contributed by atoms with E-state index >= 15 is 0 Å². The zero-order valence-corrected chi connectivity index (χ0v) is 19.0. The molecule has 0 atom stereocenters. The molecule has 0 aliphatic heterocycles. The highest BCUT2D eigenvalue weighted by atomic mass is 35.5. The fourth-order valence-electron chi connectivity index (χ4n) is 3.38. The van der Waals surface area contributed by atoms with Gasteiger partial charge >= 0.3 is 6.03 Å². The van der Waals surface area contributed by atoms with E-state index in [1.54, 1.807) is 47.1 Å². The average Bonchev–Trinajstić information content (AvgIpc) is 3.24. The van der Waals surface area contributed by atoms with Crippen molar-refractivity contribution >= 4 is 33.2 Å². The zero-order chi connectivity index (χ0) is 23.8. The van der Waals surface area contributed by atoms with E-state index in [1.807, 2.05) is 18.2 Å². The molecule has 10 heteroatoms. The second-order valence-electron chi connectivity index (χ2n) is 7.27. The molecule has 3 N–H and O–H groups in total. The van der Waals surface area contributed by atoms with Crippen LogP contribution in [0.3, 0.4) is 0 Å². The number of urea groups is 1. The molecule has 0 bridgehead atoms. The summed E-state index contributed by atoms with van der Waals surface area (Å²) in [6.07, 6.45) is 1.15. The Bertz CT molecular complexity index is 1430. The molecule has 0 fully saturated rings. The number of nitrogens with zero attached hydrogens (tertiary/aromatic N) is 3. The van der Waals surface area contributed by atoms with Gasteiger partial charge in [-0.1, -0.05) is 48.0 Å². The lowest BCUT2D eigenvalue weighted by Crippen LogP contribution is -2.32. The first-order valence-electron chi connectivity index (χ1n) is 9.69. The molecule has 0 saturated heterocycles. The van der Waals surface area contributed by atoms with Gasteiger partial charge in [-0.3, -0.25) is 5.21 Å². The normalized spacial score (nSPS) is 11.4. The number of halogens is 1. The third-order valence-corrected chi connectivity index (χ3v) is 6.35. The van der Waals surface area contributed by atoms with Gasteiger partial charge in [0.2, 0.25) is 0 Å². The summed E-state index contributed by atoms with van der Waals surface area (Å²) in [6.45, 7) is 0. The number of anilines is 1. The van der Waals surface area contributed by atoms with Crippen molar-refractivity contribution in [2.45, 2.75) is 4.90 Å². The van der Waals surface area contributed by atoms with Crippen LogP contribution in [-0.4, -0.2) is 35.7 Å². The smallest absolute Gasteiger partial charge is 0.343 e. The average molecular weight is 483 g/mol. The van der Waals surface area contributed by atoms with Crippen LogP contribution in [0.4, 0.5) is 10.5 Å². The Balaban J connectivity index is 1.89. The Kier molecular flexibility index (Phi) is 5.94. The Labute approximate surface area is 195 Å². The predicted molar refractivity (Wildman–Crippen MR) is 126 cm³/mol. The van der Waals surface area contributed by atoms with Crippen molar-refractivity contribution in [3.8, 4) is 28.2 Å². The molecule has 0 unspecified atom stereocenters. The van der Waals surface area contributed by atoms with Gasteiger partial charge in [0.25, 0.3) is 0 Å². The lowest BCUT2D eigenvalue weighted by atomic mass is 10.1. The minimum atomic E-state index is -3.52. The van der Waals surface area contributed by atoms with Crippen LogP contribution in [0.15, 0.2) is 83.8 Å². The monoisotopic (exact) mass is 482 g/mol. The van der Waals surface area contributed by atoms with Crippen molar-refractivity contribution in [2.75, 3.05) is 11.3 Å². The highest BCUT2D eigenvalue weighted by Gasteiger charge is 2.20. The zero-order valence-electron chi connectivity index (χ0n) is 17.4. The molecular formula is C23H19ClN4O4S. The number of para-hydroxylation sites is 1. The van der Waals surface area contributed by atoms with E-state index in [4.69, 9.17) is 17.3 Å². The number of primary amides is 1. The summed E-state index contributed by atoms with van der Waals surface area (Å²) in [6, 6.07) is 20.9. The first kappa shape index (κ1) is 22.5. The fraction of sp³-hybridized carbons (Fsp3) is 0.0435. The van der Waals surface area contributed by atoms with Crippen LogP contribution in [0.25, 0.3) is 28.2 Å².